The van der Waals surface area contributed by atoms with Crippen molar-refractivity contribution in [2.24, 2.45) is 5.73 Å². The van der Waals surface area contributed by atoms with Crippen molar-refractivity contribution in [2.75, 3.05) is 26.4 Å². The van der Waals surface area contributed by atoms with E-state index in [0.717, 1.165) is 77.0 Å². The van der Waals surface area contributed by atoms with Crippen LogP contribution in [0.1, 0.15) is 194 Å². The summed E-state index contributed by atoms with van der Waals surface area (Å²) >= 11 is 0. The molecule has 0 aliphatic carbocycles. The molecule has 0 spiro atoms. The molecule has 0 radical (unpaired) electrons. The smallest absolute Gasteiger partial charge is 0.462 e. The van der Waals surface area contributed by atoms with Gasteiger partial charge in [0.05, 0.1) is 13.2 Å². The molecule has 0 bridgehead atoms. The zero-order chi connectivity index (χ0) is 40.3. The monoisotopic (exact) mass is 796 g/mol. The number of nitrogens with two attached hydrogens (primary N) is 1. The van der Waals surface area contributed by atoms with Crippen LogP contribution in [-0.2, 0) is 32.7 Å². The normalized spacial score (nSPS) is 13.7. The van der Waals surface area contributed by atoms with Crippen molar-refractivity contribution in [1.82, 2.24) is 0 Å². The first-order valence-corrected chi connectivity index (χ1v) is 23.6. The molecule has 320 valence electrons. The number of phosphoric ester groups is 1. The fraction of sp³-hybridized carbons (Fsp3) is 0.778. The highest BCUT2D eigenvalue weighted by Crippen LogP contribution is 2.43. The third-order valence-electron chi connectivity index (χ3n) is 9.19. The van der Waals surface area contributed by atoms with Gasteiger partial charge in [0, 0.05) is 19.4 Å². The van der Waals surface area contributed by atoms with E-state index in [4.69, 9.17) is 24.3 Å². The molecule has 0 heterocycles. The minimum absolute atomic E-state index is 0.0490. The maximum absolute atomic E-state index is 12.6. The molecular formula is C45H82NO8P. The molecule has 1 unspecified atom stereocenters. The predicted octanol–water partition coefficient (Wildman–Crippen LogP) is 12.7. The van der Waals surface area contributed by atoms with Crippen LogP contribution < -0.4 is 5.73 Å². The second-order valence-corrected chi connectivity index (χ2v) is 16.0. The Kier molecular flexibility index (Phi) is 40.1. The average Bonchev–Trinajstić information content (AvgIpc) is 3.17. The van der Waals surface area contributed by atoms with Gasteiger partial charge in [0.1, 0.15) is 6.61 Å². The third kappa shape index (κ3) is 41.4. The van der Waals surface area contributed by atoms with Gasteiger partial charge in [-0.15, -0.1) is 0 Å². The Balaban J connectivity index is 4.15. The molecule has 3 N–H and O–H groups in total. The number of unbranched alkanes of at least 4 members (excludes halogenated alkanes) is 20. The van der Waals surface area contributed by atoms with Crippen molar-refractivity contribution in [2.45, 2.75) is 200 Å². The van der Waals surface area contributed by atoms with Crippen molar-refractivity contribution in [3.63, 3.8) is 0 Å². The minimum atomic E-state index is -4.38. The first-order chi connectivity index (χ1) is 26.8. The Morgan fingerprint density at radius 3 is 1.38 bits per heavy atom. The van der Waals surface area contributed by atoms with Crippen molar-refractivity contribution in [1.29, 1.82) is 0 Å². The van der Waals surface area contributed by atoms with Gasteiger partial charge in [0.15, 0.2) is 6.10 Å². The fourth-order valence-corrected chi connectivity index (χ4v) is 6.64. The van der Waals surface area contributed by atoms with Gasteiger partial charge in [0.2, 0.25) is 0 Å². The Bertz CT molecular complexity index is 1040. The van der Waals surface area contributed by atoms with E-state index in [9.17, 15) is 19.0 Å². The summed E-state index contributed by atoms with van der Waals surface area (Å²) in [4.78, 5) is 34.9. The highest BCUT2D eigenvalue weighted by Gasteiger charge is 2.26. The molecule has 0 fully saturated rings. The summed E-state index contributed by atoms with van der Waals surface area (Å²) in [6, 6.07) is 0. The summed E-state index contributed by atoms with van der Waals surface area (Å²) < 4.78 is 32.8. The van der Waals surface area contributed by atoms with Crippen molar-refractivity contribution >= 4 is 19.8 Å². The maximum Gasteiger partial charge on any atom is 0.472 e. The van der Waals surface area contributed by atoms with E-state index in [1.807, 2.05) is 0 Å². The molecular weight excluding hydrogens is 713 g/mol. The van der Waals surface area contributed by atoms with E-state index in [1.165, 1.54) is 83.5 Å². The van der Waals surface area contributed by atoms with Gasteiger partial charge < -0.3 is 20.1 Å². The van der Waals surface area contributed by atoms with Crippen molar-refractivity contribution < 1.29 is 37.6 Å². The molecule has 55 heavy (non-hydrogen) atoms. The van der Waals surface area contributed by atoms with E-state index in [-0.39, 0.29) is 32.6 Å². The molecule has 10 heteroatoms. The number of esters is 2. The van der Waals surface area contributed by atoms with Gasteiger partial charge in [-0.1, -0.05) is 152 Å². The highest BCUT2D eigenvalue weighted by molar-refractivity contribution is 7.47. The van der Waals surface area contributed by atoms with E-state index < -0.39 is 32.5 Å². The van der Waals surface area contributed by atoms with Crippen molar-refractivity contribution in [3.8, 4) is 0 Å². The molecule has 0 saturated carbocycles. The molecule has 0 saturated heterocycles. The maximum atomic E-state index is 12.6. The Morgan fingerprint density at radius 1 is 0.545 bits per heavy atom. The Labute approximate surface area is 336 Å². The Hall–Kier alpha value is -2.03. The number of rotatable bonds is 41. The van der Waals surface area contributed by atoms with Crippen LogP contribution in [0, 0.1) is 0 Å². The second kappa shape index (κ2) is 41.6. The first-order valence-electron chi connectivity index (χ1n) is 22.1. The zero-order valence-corrected chi connectivity index (χ0v) is 36.0. The predicted molar refractivity (Wildman–Crippen MR) is 229 cm³/mol. The van der Waals surface area contributed by atoms with Crippen LogP contribution in [0.4, 0.5) is 0 Å². The van der Waals surface area contributed by atoms with Crippen LogP contribution in [0.15, 0.2) is 48.6 Å². The molecule has 0 aliphatic rings. The number of hydrogen-bond acceptors (Lipinski definition) is 8. The molecule has 0 aliphatic heterocycles. The molecule has 0 amide bonds. The van der Waals surface area contributed by atoms with Crippen molar-refractivity contribution in [3.05, 3.63) is 48.6 Å². The molecule has 0 aromatic heterocycles. The zero-order valence-electron chi connectivity index (χ0n) is 35.2. The molecule has 0 aromatic rings. The molecule has 9 nitrogen and oxygen atoms in total. The number of allylic oxidation sites excluding steroid dienone is 8. The average molecular weight is 796 g/mol. The van der Waals surface area contributed by atoms with Crippen LogP contribution in [0.25, 0.3) is 0 Å². The largest absolute Gasteiger partial charge is 0.472 e. The molecule has 0 rings (SSSR count). The van der Waals surface area contributed by atoms with Crippen LogP contribution in [-0.4, -0.2) is 49.3 Å². The van der Waals surface area contributed by atoms with Crippen LogP contribution in [0.2, 0.25) is 0 Å². The lowest BCUT2D eigenvalue weighted by molar-refractivity contribution is -0.161. The van der Waals surface area contributed by atoms with Crippen LogP contribution in [0.5, 0.6) is 0 Å². The lowest BCUT2D eigenvalue weighted by atomic mass is 10.1. The van der Waals surface area contributed by atoms with Gasteiger partial charge in [-0.05, 0) is 77.0 Å². The summed E-state index contributed by atoms with van der Waals surface area (Å²) in [5, 5.41) is 0. The fourth-order valence-electron chi connectivity index (χ4n) is 5.87. The second-order valence-electron chi connectivity index (χ2n) is 14.6. The van der Waals surface area contributed by atoms with Gasteiger partial charge >= 0.3 is 19.8 Å². The van der Waals surface area contributed by atoms with Gasteiger partial charge in [0.25, 0.3) is 0 Å². The SMILES string of the molecule is CCCCC/C=C\C/C=C\CCCCCCCCCCCC(=O)OC[C@H](COP(=O)(O)OCCN)OC(=O)CCCCCCC/C=C\C/C=C\CCCCC. The number of phosphoric acid groups is 1. The Morgan fingerprint density at radius 2 is 0.945 bits per heavy atom. The minimum Gasteiger partial charge on any atom is -0.462 e. The standard InChI is InChI=1S/C45H82NO8P/c1-3-5-7-9-11-13-15-17-19-20-21-22-24-25-27-29-31-33-35-37-44(47)51-41-43(42-53-55(49,50)52-40-39-46)54-45(48)38-36-34-32-30-28-26-23-18-16-14-12-10-8-6-4-2/h11-14,17-19,23,43H,3-10,15-16,20-22,24-42,46H2,1-2H3,(H,49,50)/b13-11-,14-12-,19-17-,23-18-/t43-/m1/s1. The van der Waals surface area contributed by atoms with E-state index in [0.29, 0.717) is 6.42 Å². The summed E-state index contributed by atoms with van der Waals surface area (Å²) in [5.74, 6) is -0.849. The van der Waals surface area contributed by atoms with E-state index >= 15 is 0 Å². The summed E-state index contributed by atoms with van der Waals surface area (Å²) in [5.41, 5.74) is 5.35. The number of ether oxygens (including phenoxy) is 2. The number of carbonyl (C=O) groups excluding carboxylic acids is 2. The summed E-state index contributed by atoms with van der Waals surface area (Å²) in [6.45, 7) is 3.66. The van der Waals surface area contributed by atoms with Gasteiger partial charge in [-0.3, -0.25) is 18.6 Å². The lowest BCUT2D eigenvalue weighted by Crippen LogP contribution is -2.29. The third-order valence-corrected chi connectivity index (χ3v) is 10.2. The molecule has 2 atom stereocenters. The lowest BCUT2D eigenvalue weighted by Gasteiger charge is -2.19. The number of carbonyl (C=O) groups is 2. The quantitative estimate of drug-likeness (QED) is 0.0268. The van der Waals surface area contributed by atoms with Crippen LogP contribution in [0.3, 0.4) is 0 Å². The van der Waals surface area contributed by atoms with Gasteiger partial charge in [-0.25, -0.2) is 4.57 Å². The van der Waals surface area contributed by atoms with Crippen LogP contribution >= 0.6 is 7.82 Å². The first kappa shape index (κ1) is 53.0. The highest BCUT2D eigenvalue weighted by atomic mass is 31.2. The van der Waals surface area contributed by atoms with E-state index in [1.54, 1.807) is 0 Å². The topological polar surface area (TPSA) is 134 Å². The van der Waals surface area contributed by atoms with Gasteiger partial charge in [-0.2, -0.15) is 0 Å². The molecule has 0 aromatic carbocycles. The summed E-state index contributed by atoms with van der Waals surface area (Å²) in [7, 11) is -4.38. The van der Waals surface area contributed by atoms with E-state index in [2.05, 4.69) is 62.5 Å². The summed E-state index contributed by atoms with van der Waals surface area (Å²) in [6.07, 6.45) is 47.0. The number of hydrogen-bond donors (Lipinski definition) is 2.